The molecule has 1 aromatic heterocycles. The number of nitrogens with two attached hydrogens (primary N) is 1. The fourth-order valence-electron chi connectivity index (χ4n) is 2.81. The summed E-state index contributed by atoms with van der Waals surface area (Å²) >= 11 is 5.12. The molecule has 0 aliphatic heterocycles. The molecule has 0 aromatic carbocycles. The topological polar surface area (TPSA) is 42.2 Å². The first-order valence-electron chi connectivity index (χ1n) is 6.88. The molecule has 4 heteroatoms. The molecule has 0 saturated heterocycles. The Balaban J connectivity index is 2.17. The van der Waals surface area contributed by atoms with Gasteiger partial charge in [-0.3, -0.25) is 0 Å². The zero-order valence-corrected chi connectivity index (χ0v) is 12.8. The summed E-state index contributed by atoms with van der Waals surface area (Å²) < 4.78 is 0. The molecule has 0 unspecified atom stereocenters. The van der Waals surface area contributed by atoms with E-state index in [9.17, 15) is 0 Å². The molecule has 0 radical (unpaired) electrons. The first-order chi connectivity index (χ1) is 8.91. The number of anilines is 1. The number of hydrogen-bond acceptors (Lipinski definition) is 3. The van der Waals surface area contributed by atoms with Crippen molar-refractivity contribution in [3.63, 3.8) is 0 Å². The van der Waals surface area contributed by atoms with E-state index >= 15 is 0 Å². The van der Waals surface area contributed by atoms with Crippen LogP contribution in [-0.2, 0) is 0 Å². The van der Waals surface area contributed by atoms with Crippen molar-refractivity contribution in [2.75, 3.05) is 11.9 Å². The molecule has 1 aromatic rings. The minimum atomic E-state index is 0.422. The predicted molar refractivity (Wildman–Crippen MR) is 84.6 cm³/mol. The largest absolute Gasteiger partial charge is 0.389 e. The summed E-state index contributed by atoms with van der Waals surface area (Å²) in [5.41, 5.74) is 7.15. The van der Waals surface area contributed by atoms with Gasteiger partial charge in [0.05, 0.1) is 5.56 Å². The van der Waals surface area contributed by atoms with Crippen LogP contribution < -0.4 is 10.6 Å². The van der Waals surface area contributed by atoms with Crippen molar-refractivity contribution in [1.82, 2.24) is 4.98 Å². The molecule has 1 aliphatic carbocycles. The van der Waals surface area contributed by atoms with Gasteiger partial charge in [0.1, 0.15) is 10.8 Å². The van der Waals surface area contributed by atoms with Gasteiger partial charge < -0.3 is 10.6 Å². The number of hydrogen-bond donors (Lipinski definition) is 1. The van der Waals surface area contributed by atoms with Crippen LogP contribution in [0.3, 0.4) is 0 Å². The van der Waals surface area contributed by atoms with Crippen LogP contribution in [-0.4, -0.2) is 23.1 Å². The first kappa shape index (κ1) is 14.3. The van der Waals surface area contributed by atoms with Crippen LogP contribution in [0.15, 0.2) is 18.3 Å². The molecular weight excluding hydrogens is 254 g/mol. The summed E-state index contributed by atoms with van der Waals surface area (Å²) in [7, 11) is 2.10. The summed E-state index contributed by atoms with van der Waals surface area (Å²) in [6.45, 7) is 4.70. The van der Waals surface area contributed by atoms with Crippen molar-refractivity contribution >= 4 is 23.0 Å². The fraction of sp³-hybridized carbons (Fsp3) is 0.600. The van der Waals surface area contributed by atoms with Gasteiger partial charge >= 0.3 is 0 Å². The van der Waals surface area contributed by atoms with Crippen LogP contribution in [0.5, 0.6) is 0 Å². The number of aromatic nitrogens is 1. The third-order valence-corrected chi connectivity index (χ3v) is 4.46. The van der Waals surface area contributed by atoms with Crippen LogP contribution in [0, 0.1) is 5.41 Å². The Labute approximate surface area is 121 Å². The smallest absolute Gasteiger partial charge is 0.138 e. The number of rotatable bonds is 3. The highest BCUT2D eigenvalue weighted by Gasteiger charge is 2.30. The van der Waals surface area contributed by atoms with E-state index in [-0.39, 0.29) is 0 Å². The molecule has 3 nitrogen and oxygen atoms in total. The van der Waals surface area contributed by atoms with E-state index in [1.165, 1.54) is 25.7 Å². The van der Waals surface area contributed by atoms with E-state index in [1.807, 2.05) is 12.1 Å². The second-order valence-electron chi connectivity index (χ2n) is 6.25. The predicted octanol–water partition coefficient (Wildman–Crippen LogP) is 3.12. The second-order valence-corrected chi connectivity index (χ2v) is 6.68. The average molecular weight is 277 g/mol. The van der Waals surface area contributed by atoms with Gasteiger partial charge in [0.15, 0.2) is 0 Å². The van der Waals surface area contributed by atoms with Gasteiger partial charge in [-0.15, -0.1) is 0 Å². The zero-order chi connectivity index (χ0) is 14.0. The molecule has 2 N–H and O–H groups in total. The van der Waals surface area contributed by atoms with Crippen molar-refractivity contribution < 1.29 is 0 Å². The van der Waals surface area contributed by atoms with E-state index in [4.69, 9.17) is 18.0 Å². The quantitative estimate of drug-likeness (QED) is 0.862. The minimum absolute atomic E-state index is 0.422. The number of thiocarbonyl (C=S) groups is 1. The van der Waals surface area contributed by atoms with Crippen molar-refractivity contribution in [3.05, 3.63) is 23.9 Å². The Hall–Kier alpha value is -1.16. The molecule has 1 fully saturated rings. The van der Waals surface area contributed by atoms with Gasteiger partial charge in [-0.2, -0.15) is 0 Å². The van der Waals surface area contributed by atoms with E-state index in [1.54, 1.807) is 6.20 Å². The summed E-state index contributed by atoms with van der Waals surface area (Å²) in [6.07, 6.45) is 6.74. The Morgan fingerprint density at radius 3 is 2.63 bits per heavy atom. The molecule has 1 aliphatic rings. The van der Waals surface area contributed by atoms with Gasteiger partial charge in [-0.1, -0.05) is 26.1 Å². The highest BCUT2D eigenvalue weighted by molar-refractivity contribution is 7.80. The van der Waals surface area contributed by atoms with Crippen LogP contribution >= 0.6 is 12.2 Å². The lowest BCUT2D eigenvalue weighted by Crippen LogP contribution is -2.38. The monoisotopic (exact) mass is 277 g/mol. The molecule has 0 bridgehead atoms. The SMILES string of the molecule is CN(c1ncccc1C(N)=S)C1CCC(C)(C)CC1. The summed E-state index contributed by atoms with van der Waals surface area (Å²) in [6, 6.07) is 4.38. The highest BCUT2D eigenvalue weighted by Crippen LogP contribution is 2.37. The summed E-state index contributed by atoms with van der Waals surface area (Å²) in [5.74, 6) is 0.916. The first-order valence-corrected chi connectivity index (χ1v) is 7.29. The zero-order valence-electron chi connectivity index (χ0n) is 12.0. The molecule has 1 heterocycles. The number of nitrogens with zero attached hydrogens (tertiary/aromatic N) is 2. The van der Waals surface area contributed by atoms with Gasteiger partial charge in [-0.05, 0) is 43.2 Å². The maximum Gasteiger partial charge on any atom is 0.138 e. The van der Waals surface area contributed by atoms with E-state index in [0.29, 0.717) is 16.4 Å². The minimum Gasteiger partial charge on any atom is -0.389 e. The normalized spacial score (nSPS) is 19.1. The summed E-state index contributed by atoms with van der Waals surface area (Å²) in [4.78, 5) is 7.15. The fourth-order valence-corrected chi connectivity index (χ4v) is 2.97. The van der Waals surface area contributed by atoms with E-state index in [2.05, 4.69) is 30.8 Å². The van der Waals surface area contributed by atoms with E-state index in [0.717, 1.165) is 11.4 Å². The van der Waals surface area contributed by atoms with Crippen LogP contribution in [0.25, 0.3) is 0 Å². The Kier molecular flexibility index (Phi) is 4.09. The lowest BCUT2D eigenvalue weighted by Gasteiger charge is -2.39. The number of pyridine rings is 1. The average Bonchev–Trinajstić information content (AvgIpc) is 2.38. The third-order valence-electron chi connectivity index (χ3n) is 4.24. The standard InChI is InChI=1S/C15H23N3S/c1-15(2)8-6-11(7-9-15)18(3)14-12(13(16)19)5-4-10-17-14/h4-5,10-11H,6-9H2,1-3H3,(H2,16,19). The highest BCUT2D eigenvalue weighted by atomic mass is 32.1. The lowest BCUT2D eigenvalue weighted by molar-refractivity contribution is 0.222. The van der Waals surface area contributed by atoms with Crippen molar-refractivity contribution in [1.29, 1.82) is 0 Å². The van der Waals surface area contributed by atoms with Gasteiger partial charge in [0.2, 0.25) is 0 Å². The molecule has 0 amide bonds. The molecule has 104 valence electrons. The molecule has 0 spiro atoms. The molecular formula is C15H23N3S. The van der Waals surface area contributed by atoms with Crippen LogP contribution in [0.1, 0.15) is 45.1 Å². The second kappa shape index (κ2) is 5.45. The van der Waals surface area contributed by atoms with Crippen LogP contribution in [0.4, 0.5) is 5.82 Å². The maximum absolute atomic E-state index is 5.79. The Bertz CT molecular complexity index is 460. The van der Waals surface area contributed by atoms with Gasteiger partial charge in [0, 0.05) is 19.3 Å². The van der Waals surface area contributed by atoms with Gasteiger partial charge in [-0.25, -0.2) is 4.98 Å². The molecule has 0 atom stereocenters. The molecule has 19 heavy (non-hydrogen) atoms. The molecule has 1 saturated carbocycles. The Morgan fingerprint density at radius 2 is 2.05 bits per heavy atom. The Morgan fingerprint density at radius 1 is 1.42 bits per heavy atom. The van der Waals surface area contributed by atoms with Crippen LogP contribution in [0.2, 0.25) is 0 Å². The summed E-state index contributed by atoms with van der Waals surface area (Å²) in [5, 5.41) is 0. The van der Waals surface area contributed by atoms with Crippen molar-refractivity contribution in [3.8, 4) is 0 Å². The molecule has 2 rings (SSSR count). The van der Waals surface area contributed by atoms with Gasteiger partial charge in [0.25, 0.3) is 0 Å². The van der Waals surface area contributed by atoms with E-state index < -0.39 is 0 Å². The van der Waals surface area contributed by atoms with Crippen molar-refractivity contribution in [2.45, 2.75) is 45.6 Å². The van der Waals surface area contributed by atoms with Crippen molar-refractivity contribution in [2.24, 2.45) is 11.1 Å². The lowest BCUT2D eigenvalue weighted by atomic mass is 9.75. The maximum atomic E-state index is 5.79. The third kappa shape index (κ3) is 3.24.